The summed E-state index contributed by atoms with van der Waals surface area (Å²) in [7, 11) is 0. The summed E-state index contributed by atoms with van der Waals surface area (Å²) in [6, 6.07) is 11.5. The number of benzene rings is 1. The van der Waals surface area contributed by atoms with Crippen molar-refractivity contribution in [2.75, 3.05) is 6.54 Å². The van der Waals surface area contributed by atoms with Crippen molar-refractivity contribution in [3.63, 3.8) is 0 Å². The molecule has 0 saturated heterocycles. The predicted molar refractivity (Wildman–Crippen MR) is 89.1 cm³/mol. The van der Waals surface area contributed by atoms with Gasteiger partial charge in [-0.1, -0.05) is 30.3 Å². The van der Waals surface area contributed by atoms with Gasteiger partial charge in [-0.15, -0.1) is 11.3 Å². The van der Waals surface area contributed by atoms with E-state index in [-0.39, 0.29) is 18.3 Å². The molecule has 1 atom stereocenters. The zero-order valence-electron chi connectivity index (χ0n) is 13.0. The fraction of sp³-hybridized carbons (Fsp3) is 0.333. The Hall–Kier alpha value is -2.14. The van der Waals surface area contributed by atoms with E-state index in [0.717, 1.165) is 12.0 Å². The van der Waals surface area contributed by atoms with Crippen molar-refractivity contribution >= 4 is 23.2 Å². The SMILES string of the molecule is CC(OC(=O)Cc1ccccc1)C(=O)N1CCc2sccc2C1. The van der Waals surface area contributed by atoms with Crippen LogP contribution in [0.4, 0.5) is 0 Å². The van der Waals surface area contributed by atoms with Gasteiger partial charge >= 0.3 is 5.97 Å². The van der Waals surface area contributed by atoms with Crippen LogP contribution in [0.2, 0.25) is 0 Å². The van der Waals surface area contributed by atoms with E-state index in [1.807, 2.05) is 30.3 Å². The highest BCUT2D eigenvalue weighted by molar-refractivity contribution is 7.10. The Morgan fingerprint density at radius 1 is 1.26 bits per heavy atom. The molecule has 2 heterocycles. The first-order valence-corrected chi connectivity index (χ1v) is 8.59. The van der Waals surface area contributed by atoms with Crippen molar-refractivity contribution < 1.29 is 14.3 Å². The van der Waals surface area contributed by atoms with Gasteiger partial charge in [-0.25, -0.2) is 0 Å². The minimum Gasteiger partial charge on any atom is -0.452 e. The molecule has 120 valence electrons. The average molecular weight is 329 g/mol. The number of nitrogens with zero attached hydrogens (tertiary/aromatic N) is 1. The molecular formula is C18H19NO3S. The normalized spacial score (nSPS) is 14.9. The quantitative estimate of drug-likeness (QED) is 0.810. The van der Waals surface area contributed by atoms with Crippen molar-refractivity contribution in [2.24, 2.45) is 0 Å². The first-order chi connectivity index (χ1) is 11.1. The zero-order valence-corrected chi connectivity index (χ0v) is 13.8. The van der Waals surface area contributed by atoms with Crippen LogP contribution in [-0.2, 0) is 33.7 Å². The van der Waals surface area contributed by atoms with E-state index in [1.165, 1.54) is 10.4 Å². The van der Waals surface area contributed by atoms with Gasteiger partial charge in [0, 0.05) is 18.0 Å². The summed E-state index contributed by atoms with van der Waals surface area (Å²) in [5.41, 5.74) is 2.09. The maximum atomic E-state index is 12.5. The Balaban J connectivity index is 1.55. The van der Waals surface area contributed by atoms with Crippen LogP contribution in [0.25, 0.3) is 0 Å². The highest BCUT2D eigenvalue weighted by Crippen LogP contribution is 2.24. The number of thiophene rings is 1. The number of esters is 1. The maximum Gasteiger partial charge on any atom is 0.311 e. The number of carbonyl (C=O) groups is 2. The molecule has 2 aromatic rings. The van der Waals surface area contributed by atoms with E-state index in [4.69, 9.17) is 4.74 Å². The average Bonchev–Trinajstić information content (AvgIpc) is 3.02. The summed E-state index contributed by atoms with van der Waals surface area (Å²) in [6.45, 7) is 2.94. The Bertz CT molecular complexity index is 695. The van der Waals surface area contributed by atoms with E-state index >= 15 is 0 Å². The van der Waals surface area contributed by atoms with Gasteiger partial charge in [-0.3, -0.25) is 9.59 Å². The van der Waals surface area contributed by atoms with E-state index in [2.05, 4.69) is 11.4 Å². The Kier molecular flexibility index (Phi) is 4.76. The summed E-state index contributed by atoms with van der Waals surface area (Å²) in [5, 5.41) is 2.06. The number of fused-ring (bicyclic) bond motifs is 1. The first-order valence-electron chi connectivity index (χ1n) is 7.71. The molecule has 4 nitrogen and oxygen atoms in total. The van der Waals surface area contributed by atoms with Gasteiger partial charge in [0.15, 0.2) is 6.10 Å². The molecule has 0 aliphatic carbocycles. The number of hydrogen-bond acceptors (Lipinski definition) is 4. The van der Waals surface area contributed by atoms with Gasteiger partial charge in [0.25, 0.3) is 5.91 Å². The lowest BCUT2D eigenvalue weighted by Crippen LogP contribution is -2.42. The van der Waals surface area contributed by atoms with Crippen LogP contribution in [0, 0.1) is 0 Å². The topological polar surface area (TPSA) is 46.6 Å². The molecule has 3 rings (SSSR count). The fourth-order valence-corrected chi connectivity index (χ4v) is 3.64. The zero-order chi connectivity index (χ0) is 16.2. The van der Waals surface area contributed by atoms with Gasteiger partial charge in [0.2, 0.25) is 0 Å². The molecule has 0 bridgehead atoms. The maximum absolute atomic E-state index is 12.5. The third-order valence-electron chi connectivity index (χ3n) is 3.97. The molecule has 1 unspecified atom stereocenters. The van der Waals surface area contributed by atoms with Crippen LogP contribution < -0.4 is 0 Å². The lowest BCUT2D eigenvalue weighted by atomic mass is 10.1. The van der Waals surface area contributed by atoms with Crippen molar-refractivity contribution in [3.8, 4) is 0 Å². The summed E-state index contributed by atoms with van der Waals surface area (Å²) in [5.74, 6) is -0.492. The monoisotopic (exact) mass is 329 g/mol. The molecule has 0 N–H and O–H groups in total. The second-order valence-electron chi connectivity index (χ2n) is 5.67. The van der Waals surface area contributed by atoms with E-state index in [1.54, 1.807) is 23.2 Å². The number of rotatable bonds is 4. The fourth-order valence-electron chi connectivity index (χ4n) is 2.75. The smallest absolute Gasteiger partial charge is 0.311 e. The molecular weight excluding hydrogens is 310 g/mol. The Labute approximate surface area is 139 Å². The summed E-state index contributed by atoms with van der Waals surface area (Å²) in [6.07, 6.45) is 0.322. The van der Waals surface area contributed by atoms with E-state index in [0.29, 0.717) is 13.1 Å². The molecule has 1 aromatic heterocycles. The molecule has 23 heavy (non-hydrogen) atoms. The third-order valence-corrected chi connectivity index (χ3v) is 4.99. The van der Waals surface area contributed by atoms with Gasteiger partial charge in [0.1, 0.15) is 0 Å². The van der Waals surface area contributed by atoms with E-state index in [9.17, 15) is 9.59 Å². The van der Waals surface area contributed by atoms with Crippen molar-refractivity contribution in [1.29, 1.82) is 0 Å². The number of carbonyl (C=O) groups excluding carboxylic acids is 2. The van der Waals surface area contributed by atoms with Crippen LogP contribution in [0.5, 0.6) is 0 Å². The Morgan fingerprint density at radius 3 is 2.83 bits per heavy atom. The van der Waals surface area contributed by atoms with E-state index < -0.39 is 6.10 Å². The van der Waals surface area contributed by atoms with Crippen LogP contribution in [0.1, 0.15) is 22.9 Å². The lowest BCUT2D eigenvalue weighted by Gasteiger charge is -2.29. The second kappa shape index (κ2) is 6.96. The van der Waals surface area contributed by atoms with Gasteiger partial charge < -0.3 is 9.64 Å². The van der Waals surface area contributed by atoms with Crippen LogP contribution in [0.15, 0.2) is 41.8 Å². The Morgan fingerprint density at radius 2 is 2.04 bits per heavy atom. The molecule has 1 amide bonds. The molecule has 5 heteroatoms. The molecule has 0 radical (unpaired) electrons. The van der Waals surface area contributed by atoms with Crippen molar-refractivity contribution in [1.82, 2.24) is 4.90 Å². The molecule has 1 aliphatic heterocycles. The van der Waals surface area contributed by atoms with Gasteiger partial charge in [0.05, 0.1) is 6.42 Å². The predicted octanol–water partition coefficient (Wildman–Crippen LogP) is 2.81. The molecule has 1 aliphatic rings. The standard InChI is InChI=1S/C18H19NO3S/c1-13(22-17(20)11-14-5-3-2-4-6-14)18(21)19-9-7-16-15(12-19)8-10-23-16/h2-6,8,10,13H,7,9,11-12H2,1H3. The second-order valence-corrected chi connectivity index (χ2v) is 6.67. The summed E-state index contributed by atoms with van der Waals surface area (Å²) in [4.78, 5) is 27.6. The minimum absolute atomic E-state index is 0.122. The highest BCUT2D eigenvalue weighted by Gasteiger charge is 2.27. The molecule has 0 fully saturated rings. The molecule has 1 aromatic carbocycles. The van der Waals surface area contributed by atoms with Crippen molar-refractivity contribution in [3.05, 3.63) is 57.8 Å². The van der Waals surface area contributed by atoms with Crippen LogP contribution in [-0.4, -0.2) is 29.4 Å². The van der Waals surface area contributed by atoms with Crippen LogP contribution >= 0.6 is 11.3 Å². The highest BCUT2D eigenvalue weighted by atomic mass is 32.1. The van der Waals surface area contributed by atoms with Crippen LogP contribution in [0.3, 0.4) is 0 Å². The molecule has 0 saturated carbocycles. The number of ether oxygens (including phenoxy) is 1. The lowest BCUT2D eigenvalue weighted by molar-refractivity contribution is -0.159. The van der Waals surface area contributed by atoms with Gasteiger partial charge in [-0.05, 0) is 35.9 Å². The first kappa shape index (κ1) is 15.7. The minimum atomic E-state index is -0.744. The largest absolute Gasteiger partial charge is 0.452 e. The van der Waals surface area contributed by atoms with Crippen molar-refractivity contribution in [2.45, 2.75) is 32.4 Å². The third kappa shape index (κ3) is 3.79. The number of hydrogen-bond donors (Lipinski definition) is 0. The van der Waals surface area contributed by atoms with Gasteiger partial charge in [-0.2, -0.15) is 0 Å². The number of amides is 1. The molecule has 0 spiro atoms. The summed E-state index contributed by atoms with van der Waals surface area (Å²) >= 11 is 1.74. The summed E-state index contributed by atoms with van der Waals surface area (Å²) < 4.78 is 5.31.